The average Bonchev–Trinajstić information content (AvgIpc) is 2.67. The van der Waals surface area contributed by atoms with E-state index in [0.29, 0.717) is 16.8 Å². The fraction of sp³-hybridized carbons (Fsp3) is 0.176. The van der Waals surface area contributed by atoms with Gasteiger partial charge < -0.3 is 10.6 Å². The van der Waals surface area contributed by atoms with Gasteiger partial charge in [0.25, 0.3) is 21.8 Å². The Balaban J connectivity index is 2.12. The van der Waals surface area contributed by atoms with E-state index >= 15 is 0 Å². The molecule has 0 aliphatic rings. The van der Waals surface area contributed by atoms with Crippen LogP contribution < -0.4 is 10.6 Å². The molecule has 0 saturated carbocycles. The predicted octanol–water partition coefficient (Wildman–Crippen LogP) is 1.48. The van der Waals surface area contributed by atoms with Crippen LogP contribution in [0.1, 0.15) is 20.7 Å². The number of nitrogens with zero attached hydrogens (tertiary/aromatic N) is 1. The summed E-state index contributed by atoms with van der Waals surface area (Å²) in [5, 5.41) is 5.19. The van der Waals surface area contributed by atoms with Gasteiger partial charge in [0, 0.05) is 30.9 Å². The minimum Gasteiger partial charge on any atom is -0.355 e. The number of amides is 2. The third-order valence-corrected chi connectivity index (χ3v) is 5.34. The van der Waals surface area contributed by atoms with Gasteiger partial charge in [-0.25, -0.2) is 8.42 Å². The van der Waals surface area contributed by atoms with Gasteiger partial charge in [0.05, 0.1) is 12.0 Å². The number of hydrogen-bond acceptors (Lipinski definition) is 5. The van der Waals surface area contributed by atoms with Crippen molar-refractivity contribution in [2.75, 3.05) is 26.5 Å². The molecule has 9 heteroatoms. The lowest BCUT2D eigenvalue weighted by Gasteiger charge is -2.14. The quantitative estimate of drug-likeness (QED) is 0.742. The molecule has 2 rings (SSSR count). The van der Waals surface area contributed by atoms with Gasteiger partial charge in [0.2, 0.25) is 0 Å². The van der Waals surface area contributed by atoms with E-state index in [4.69, 9.17) is 4.84 Å². The zero-order valence-corrected chi connectivity index (χ0v) is 15.3. The summed E-state index contributed by atoms with van der Waals surface area (Å²) in [6.45, 7) is 0. The molecule has 2 amide bonds. The predicted molar refractivity (Wildman–Crippen MR) is 96.2 cm³/mol. The summed E-state index contributed by atoms with van der Waals surface area (Å²) in [5.41, 5.74) is 1.28. The van der Waals surface area contributed by atoms with E-state index in [1.54, 1.807) is 24.3 Å². The molecule has 0 fully saturated rings. The summed E-state index contributed by atoms with van der Waals surface area (Å²) in [6, 6.07) is 11.9. The molecule has 0 aliphatic heterocycles. The number of sulfonamides is 1. The topological polar surface area (TPSA) is 105 Å². The molecule has 0 radical (unpaired) electrons. The van der Waals surface area contributed by atoms with Crippen LogP contribution >= 0.6 is 0 Å². The van der Waals surface area contributed by atoms with Gasteiger partial charge in [0.1, 0.15) is 0 Å². The molecule has 0 bridgehead atoms. The number of carbonyl (C=O) groups is 2. The molecule has 0 aromatic heterocycles. The maximum atomic E-state index is 12.3. The lowest BCUT2D eigenvalue weighted by atomic mass is 10.1. The van der Waals surface area contributed by atoms with E-state index < -0.39 is 15.9 Å². The summed E-state index contributed by atoms with van der Waals surface area (Å²) in [4.78, 5) is 28.5. The highest BCUT2D eigenvalue weighted by Crippen LogP contribution is 2.16. The summed E-state index contributed by atoms with van der Waals surface area (Å²) in [6.07, 6.45) is 0. The third-order valence-electron chi connectivity index (χ3n) is 3.64. The molecular formula is C17H19N3O5S. The monoisotopic (exact) mass is 377 g/mol. The largest absolute Gasteiger partial charge is 0.355 e. The molecule has 0 heterocycles. The van der Waals surface area contributed by atoms with Gasteiger partial charge in [-0.1, -0.05) is 4.47 Å². The summed E-state index contributed by atoms with van der Waals surface area (Å²) >= 11 is 0. The molecule has 138 valence electrons. The molecule has 0 unspecified atom stereocenters. The van der Waals surface area contributed by atoms with Gasteiger partial charge >= 0.3 is 0 Å². The lowest BCUT2D eigenvalue weighted by molar-refractivity contribution is -0.0258. The molecule has 8 nitrogen and oxygen atoms in total. The van der Waals surface area contributed by atoms with E-state index in [9.17, 15) is 18.0 Å². The number of anilines is 1. The van der Waals surface area contributed by atoms with Crippen LogP contribution in [0.3, 0.4) is 0 Å². The maximum Gasteiger partial charge on any atom is 0.264 e. The Labute approximate surface area is 151 Å². The highest BCUT2D eigenvalue weighted by molar-refractivity contribution is 7.89. The first-order valence-corrected chi connectivity index (χ1v) is 9.00. The molecule has 2 aromatic carbocycles. The van der Waals surface area contributed by atoms with Crippen LogP contribution in [-0.2, 0) is 14.9 Å². The van der Waals surface area contributed by atoms with Crippen LogP contribution in [0.5, 0.6) is 0 Å². The highest BCUT2D eigenvalue weighted by Gasteiger charge is 2.21. The van der Waals surface area contributed by atoms with E-state index in [1.807, 2.05) is 0 Å². The first kappa shape index (κ1) is 19.6. The first-order valence-electron chi connectivity index (χ1n) is 7.56. The summed E-state index contributed by atoms with van der Waals surface area (Å²) in [7, 11) is 0.291. The van der Waals surface area contributed by atoms with Gasteiger partial charge in [-0.15, -0.1) is 0 Å². The van der Waals surface area contributed by atoms with E-state index in [-0.39, 0.29) is 10.8 Å². The molecule has 2 N–H and O–H groups in total. The summed E-state index contributed by atoms with van der Waals surface area (Å²) < 4.78 is 25.0. The molecule has 0 aliphatic carbocycles. The SMILES string of the molecule is CNC(=O)c1ccc(NC(=O)c2ccc(S(=O)(=O)N(C)OC)cc2)cc1. The van der Waals surface area contributed by atoms with Crippen molar-refractivity contribution < 1.29 is 22.8 Å². The number of hydroxylamine groups is 1. The van der Waals surface area contributed by atoms with Crippen LogP contribution in [0.2, 0.25) is 0 Å². The molecule has 0 saturated heterocycles. The normalized spacial score (nSPS) is 11.2. The minimum absolute atomic E-state index is 0.00771. The van der Waals surface area contributed by atoms with Crippen LogP contribution in [0.25, 0.3) is 0 Å². The van der Waals surface area contributed by atoms with Gasteiger partial charge in [0.15, 0.2) is 0 Å². The second kappa shape index (κ2) is 8.09. The van der Waals surface area contributed by atoms with E-state index in [2.05, 4.69) is 10.6 Å². The smallest absolute Gasteiger partial charge is 0.264 e. The third kappa shape index (κ3) is 4.26. The fourth-order valence-electron chi connectivity index (χ4n) is 2.08. The van der Waals surface area contributed by atoms with Crippen molar-refractivity contribution in [3.05, 3.63) is 59.7 Å². The average molecular weight is 377 g/mol. The highest BCUT2D eigenvalue weighted by atomic mass is 32.2. The Kier molecular flexibility index (Phi) is 6.09. The Morgan fingerprint density at radius 1 is 0.923 bits per heavy atom. The van der Waals surface area contributed by atoms with Gasteiger partial charge in [-0.05, 0) is 48.5 Å². The Hall–Kier alpha value is -2.75. The van der Waals surface area contributed by atoms with Crippen molar-refractivity contribution in [3.8, 4) is 0 Å². The van der Waals surface area contributed by atoms with Gasteiger partial charge in [-0.3, -0.25) is 14.4 Å². The Bertz CT molecular complexity index is 893. The van der Waals surface area contributed by atoms with E-state index in [0.717, 1.165) is 4.47 Å². The fourth-order valence-corrected chi connectivity index (χ4v) is 3.05. The summed E-state index contributed by atoms with van der Waals surface area (Å²) in [5.74, 6) is -0.623. The van der Waals surface area contributed by atoms with Crippen molar-refractivity contribution in [1.82, 2.24) is 9.79 Å². The number of benzene rings is 2. The van der Waals surface area contributed by atoms with Crippen molar-refractivity contribution in [2.24, 2.45) is 0 Å². The minimum atomic E-state index is -3.76. The number of rotatable bonds is 6. The van der Waals surface area contributed by atoms with Crippen molar-refractivity contribution in [1.29, 1.82) is 0 Å². The van der Waals surface area contributed by atoms with Crippen LogP contribution in [0.15, 0.2) is 53.4 Å². The second-order valence-electron chi connectivity index (χ2n) is 5.23. The second-order valence-corrected chi connectivity index (χ2v) is 7.17. The number of hydrogen-bond donors (Lipinski definition) is 2. The van der Waals surface area contributed by atoms with Gasteiger partial charge in [-0.2, -0.15) is 0 Å². The molecule has 0 spiro atoms. The Morgan fingerprint density at radius 2 is 1.42 bits per heavy atom. The standard InChI is InChI=1S/C17H19N3O5S/c1-18-16(21)12-4-8-14(9-5-12)19-17(22)13-6-10-15(11-7-13)26(23,24)20(2)25-3/h4-11H,1-3H3,(H,18,21)(H,19,22). The number of carbonyl (C=O) groups excluding carboxylic acids is 2. The van der Waals surface area contributed by atoms with Crippen molar-refractivity contribution in [3.63, 3.8) is 0 Å². The molecule has 0 atom stereocenters. The van der Waals surface area contributed by atoms with Crippen LogP contribution in [0, 0.1) is 0 Å². The number of nitrogens with one attached hydrogen (secondary N) is 2. The Morgan fingerprint density at radius 3 is 1.92 bits per heavy atom. The van der Waals surface area contributed by atoms with E-state index in [1.165, 1.54) is 45.5 Å². The van der Waals surface area contributed by atoms with Crippen molar-refractivity contribution >= 4 is 27.5 Å². The molecular weight excluding hydrogens is 358 g/mol. The lowest BCUT2D eigenvalue weighted by Crippen LogP contribution is -2.25. The van der Waals surface area contributed by atoms with Crippen LogP contribution in [0.4, 0.5) is 5.69 Å². The first-order chi connectivity index (χ1) is 12.3. The molecule has 2 aromatic rings. The molecule has 26 heavy (non-hydrogen) atoms. The van der Waals surface area contributed by atoms with Crippen molar-refractivity contribution in [2.45, 2.75) is 4.90 Å². The maximum absolute atomic E-state index is 12.3. The van der Waals surface area contributed by atoms with Crippen LogP contribution in [-0.4, -0.2) is 45.9 Å². The zero-order valence-electron chi connectivity index (χ0n) is 14.5. The zero-order chi connectivity index (χ0) is 19.3.